The van der Waals surface area contributed by atoms with Gasteiger partial charge in [-0.1, -0.05) is 6.07 Å². The van der Waals surface area contributed by atoms with Crippen molar-refractivity contribution in [2.24, 2.45) is 0 Å². The highest BCUT2D eigenvalue weighted by molar-refractivity contribution is 5.98. The molecule has 3 N–H and O–H groups in total. The summed E-state index contributed by atoms with van der Waals surface area (Å²) in [6.07, 6.45) is 0. The molecule has 0 bridgehead atoms. The van der Waals surface area contributed by atoms with Crippen LogP contribution in [0.25, 0.3) is 0 Å². The molecule has 0 aliphatic carbocycles. The van der Waals surface area contributed by atoms with E-state index >= 15 is 0 Å². The summed E-state index contributed by atoms with van der Waals surface area (Å²) in [5.74, 6) is -0.310. The van der Waals surface area contributed by atoms with Gasteiger partial charge in [0, 0.05) is 0 Å². The molecule has 58 valence electrons. The minimum atomic E-state index is -0.185. The fourth-order valence-corrected chi connectivity index (χ4v) is 0.845. The zero-order chi connectivity index (χ0) is 8.43. The molecule has 0 aromatic heterocycles. The van der Waals surface area contributed by atoms with E-state index in [1.54, 1.807) is 12.1 Å². The van der Waals surface area contributed by atoms with Gasteiger partial charge in [0.05, 0.1) is 11.3 Å². The predicted octanol–water partition coefficient (Wildman–Crippen LogP) is 1.18. The predicted molar refractivity (Wildman–Crippen MR) is 42.5 cm³/mol. The Morgan fingerprint density at radius 1 is 1.55 bits per heavy atom. The van der Waals surface area contributed by atoms with E-state index in [0.29, 0.717) is 0 Å². The third kappa shape index (κ3) is 1.32. The number of ketones is 1. The van der Waals surface area contributed by atoms with Gasteiger partial charge < -0.3 is 10.8 Å². The smallest absolute Gasteiger partial charge is 0.163 e. The van der Waals surface area contributed by atoms with Crippen molar-refractivity contribution in [2.75, 3.05) is 5.73 Å². The van der Waals surface area contributed by atoms with Crippen LogP contribution in [0, 0.1) is 0 Å². The van der Waals surface area contributed by atoms with Crippen LogP contribution in [-0.2, 0) is 0 Å². The Labute approximate surface area is 64.5 Å². The molecule has 3 heteroatoms. The molecule has 0 atom stereocenters. The van der Waals surface area contributed by atoms with Crippen molar-refractivity contribution in [1.29, 1.82) is 0 Å². The average Bonchev–Trinajstić information content (AvgIpc) is 1.94. The quantitative estimate of drug-likeness (QED) is 0.360. The number of phenols is 1. The molecule has 0 saturated heterocycles. The summed E-state index contributed by atoms with van der Waals surface area (Å²) < 4.78 is 0. The molecule has 0 heterocycles. The summed E-state index contributed by atoms with van der Waals surface area (Å²) in [6.45, 7) is 1.38. The van der Waals surface area contributed by atoms with Crippen LogP contribution in [-0.4, -0.2) is 10.9 Å². The van der Waals surface area contributed by atoms with Crippen molar-refractivity contribution in [3.8, 4) is 5.75 Å². The second-order valence-electron chi connectivity index (χ2n) is 2.30. The number of aromatic hydroxyl groups is 1. The number of nitrogens with two attached hydrogens (primary N) is 1. The SMILES string of the molecule is CC(=O)c1cccc(N)c1O. The number of hydrogen-bond donors (Lipinski definition) is 2. The van der Waals surface area contributed by atoms with Crippen molar-refractivity contribution in [2.45, 2.75) is 6.92 Å². The Morgan fingerprint density at radius 3 is 2.64 bits per heavy atom. The van der Waals surface area contributed by atoms with Crippen molar-refractivity contribution in [1.82, 2.24) is 0 Å². The molecule has 1 rings (SSSR count). The maximum Gasteiger partial charge on any atom is 0.163 e. The van der Waals surface area contributed by atoms with Gasteiger partial charge in [0.2, 0.25) is 0 Å². The van der Waals surface area contributed by atoms with E-state index in [-0.39, 0.29) is 22.8 Å². The first-order valence-electron chi connectivity index (χ1n) is 3.21. The summed E-state index contributed by atoms with van der Waals surface area (Å²) in [4.78, 5) is 10.8. The van der Waals surface area contributed by atoms with Crippen LogP contribution in [0.2, 0.25) is 0 Å². The first-order valence-corrected chi connectivity index (χ1v) is 3.21. The maximum atomic E-state index is 10.8. The Balaban J connectivity index is 3.27. The summed E-state index contributed by atoms with van der Waals surface area (Å²) in [7, 11) is 0. The van der Waals surface area contributed by atoms with Gasteiger partial charge in [-0.2, -0.15) is 0 Å². The molecular weight excluding hydrogens is 142 g/mol. The number of Topliss-reactive ketones (excluding diaryl/α,β-unsaturated/α-hetero) is 1. The molecule has 0 saturated carbocycles. The Bertz CT molecular complexity index is 294. The fraction of sp³-hybridized carbons (Fsp3) is 0.125. The van der Waals surface area contributed by atoms with Crippen LogP contribution < -0.4 is 5.73 Å². The summed E-state index contributed by atoms with van der Waals surface area (Å²) in [5, 5.41) is 9.22. The molecule has 0 radical (unpaired) electrons. The van der Waals surface area contributed by atoms with E-state index in [1.807, 2.05) is 0 Å². The first-order chi connectivity index (χ1) is 5.13. The van der Waals surface area contributed by atoms with E-state index in [2.05, 4.69) is 0 Å². The molecular formula is C8H9NO2. The van der Waals surface area contributed by atoms with Gasteiger partial charge >= 0.3 is 0 Å². The van der Waals surface area contributed by atoms with Gasteiger partial charge in [-0.25, -0.2) is 0 Å². The summed E-state index contributed by atoms with van der Waals surface area (Å²) in [5.41, 5.74) is 5.86. The fourth-order valence-electron chi connectivity index (χ4n) is 0.845. The Morgan fingerprint density at radius 2 is 2.18 bits per heavy atom. The lowest BCUT2D eigenvalue weighted by Crippen LogP contribution is -1.95. The lowest BCUT2D eigenvalue weighted by molar-refractivity contribution is 0.101. The molecule has 11 heavy (non-hydrogen) atoms. The molecule has 3 nitrogen and oxygen atoms in total. The highest BCUT2D eigenvalue weighted by atomic mass is 16.3. The monoisotopic (exact) mass is 151 g/mol. The number of anilines is 1. The van der Waals surface area contributed by atoms with Crippen LogP contribution in [0.3, 0.4) is 0 Å². The topological polar surface area (TPSA) is 63.3 Å². The van der Waals surface area contributed by atoms with Gasteiger partial charge in [0.25, 0.3) is 0 Å². The van der Waals surface area contributed by atoms with Crippen molar-refractivity contribution in [3.63, 3.8) is 0 Å². The van der Waals surface area contributed by atoms with E-state index in [4.69, 9.17) is 5.73 Å². The minimum absolute atomic E-state index is 0.125. The van der Waals surface area contributed by atoms with Crippen LogP contribution >= 0.6 is 0 Å². The summed E-state index contributed by atoms with van der Waals surface area (Å²) >= 11 is 0. The van der Waals surface area contributed by atoms with Crippen molar-refractivity contribution < 1.29 is 9.90 Å². The lowest BCUT2D eigenvalue weighted by atomic mass is 10.1. The molecule has 1 aromatic rings. The second-order valence-corrected chi connectivity index (χ2v) is 2.30. The number of phenolic OH excluding ortho intramolecular Hbond substituents is 1. The number of para-hydroxylation sites is 1. The largest absolute Gasteiger partial charge is 0.505 e. The highest BCUT2D eigenvalue weighted by Gasteiger charge is 2.06. The standard InChI is InChI=1S/C8H9NO2/c1-5(10)6-3-2-4-7(9)8(6)11/h2-4,11H,9H2,1H3. The minimum Gasteiger partial charge on any atom is -0.505 e. The number of hydrogen-bond acceptors (Lipinski definition) is 3. The van der Waals surface area contributed by atoms with E-state index in [0.717, 1.165) is 0 Å². The van der Waals surface area contributed by atoms with Gasteiger partial charge in [-0.3, -0.25) is 4.79 Å². The molecule has 0 aliphatic rings. The molecule has 0 fully saturated rings. The number of carbonyl (C=O) groups excluding carboxylic acids is 1. The van der Waals surface area contributed by atoms with E-state index in [9.17, 15) is 9.90 Å². The zero-order valence-electron chi connectivity index (χ0n) is 6.16. The van der Waals surface area contributed by atoms with Crippen LogP contribution in [0.1, 0.15) is 17.3 Å². The molecule has 0 spiro atoms. The van der Waals surface area contributed by atoms with E-state index in [1.165, 1.54) is 13.0 Å². The highest BCUT2D eigenvalue weighted by Crippen LogP contribution is 2.24. The van der Waals surface area contributed by atoms with E-state index < -0.39 is 0 Å². The molecule has 0 aliphatic heterocycles. The Hall–Kier alpha value is -1.51. The van der Waals surface area contributed by atoms with Crippen LogP contribution in [0.4, 0.5) is 5.69 Å². The Kier molecular flexibility index (Phi) is 1.81. The summed E-state index contributed by atoms with van der Waals surface area (Å²) in [6, 6.07) is 4.71. The lowest BCUT2D eigenvalue weighted by Gasteiger charge is -2.01. The third-order valence-corrected chi connectivity index (χ3v) is 1.45. The van der Waals surface area contributed by atoms with Crippen LogP contribution in [0.5, 0.6) is 5.75 Å². The van der Waals surface area contributed by atoms with Crippen LogP contribution in [0.15, 0.2) is 18.2 Å². The van der Waals surface area contributed by atoms with Gasteiger partial charge in [-0.15, -0.1) is 0 Å². The zero-order valence-corrected chi connectivity index (χ0v) is 6.16. The average molecular weight is 151 g/mol. The number of carbonyl (C=O) groups is 1. The number of rotatable bonds is 1. The van der Waals surface area contributed by atoms with Gasteiger partial charge in [0.15, 0.2) is 5.78 Å². The first kappa shape index (κ1) is 7.60. The third-order valence-electron chi connectivity index (χ3n) is 1.45. The normalized spacial score (nSPS) is 9.55. The molecule has 0 amide bonds. The van der Waals surface area contributed by atoms with Crippen molar-refractivity contribution in [3.05, 3.63) is 23.8 Å². The van der Waals surface area contributed by atoms with Gasteiger partial charge in [0.1, 0.15) is 5.75 Å². The molecule has 0 unspecified atom stereocenters. The maximum absolute atomic E-state index is 10.8. The number of benzene rings is 1. The second kappa shape index (κ2) is 2.62. The number of nitrogen functional groups attached to an aromatic ring is 1. The van der Waals surface area contributed by atoms with Gasteiger partial charge in [-0.05, 0) is 19.1 Å². The molecule has 1 aromatic carbocycles. The van der Waals surface area contributed by atoms with Crippen molar-refractivity contribution >= 4 is 11.5 Å².